The lowest BCUT2D eigenvalue weighted by atomic mass is 9.67. The molecular formula is C24H24ClNO4. The fourth-order valence-electron chi connectivity index (χ4n) is 4.67. The van der Waals surface area contributed by atoms with E-state index in [0.717, 1.165) is 12.0 Å². The number of ether oxygens (including phenoxy) is 2. The fourth-order valence-corrected chi connectivity index (χ4v) is 4.80. The maximum atomic E-state index is 13.7. The SMILES string of the molecule is COC(=O)[C@H]1[C@H]2C=CCC[C@@H]2C(=O)N(c2ccc(Cl)cc2)[C@H]1c1ccc(OC)cc1. The van der Waals surface area contributed by atoms with E-state index < -0.39 is 12.0 Å². The van der Waals surface area contributed by atoms with E-state index in [4.69, 9.17) is 21.1 Å². The molecule has 0 N–H and O–H groups in total. The molecule has 0 spiro atoms. The second-order valence-corrected chi connectivity index (χ2v) is 8.08. The van der Waals surface area contributed by atoms with Crippen LogP contribution in [0.25, 0.3) is 0 Å². The number of esters is 1. The summed E-state index contributed by atoms with van der Waals surface area (Å²) in [6.45, 7) is 0. The average molecular weight is 426 g/mol. The van der Waals surface area contributed by atoms with Gasteiger partial charge in [-0.15, -0.1) is 0 Å². The molecule has 0 radical (unpaired) electrons. The van der Waals surface area contributed by atoms with Crippen LogP contribution in [0.3, 0.4) is 0 Å². The minimum atomic E-state index is -0.515. The molecule has 0 saturated carbocycles. The summed E-state index contributed by atoms with van der Waals surface area (Å²) in [6, 6.07) is 14.2. The van der Waals surface area contributed by atoms with Crippen LogP contribution in [0.5, 0.6) is 5.75 Å². The Morgan fingerprint density at radius 3 is 2.40 bits per heavy atom. The number of hydrogen-bond donors (Lipinski definition) is 0. The number of hydrogen-bond acceptors (Lipinski definition) is 4. The lowest BCUT2D eigenvalue weighted by molar-refractivity contribution is -0.151. The summed E-state index contributed by atoms with van der Waals surface area (Å²) >= 11 is 6.09. The van der Waals surface area contributed by atoms with E-state index in [1.54, 1.807) is 24.1 Å². The molecule has 1 heterocycles. The highest BCUT2D eigenvalue weighted by Gasteiger charge is 2.52. The van der Waals surface area contributed by atoms with Gasteiger partial charge >= 0.3 is 5.97 Å². The van der Waals surface area contributed by atoms with E-state index in [9.17, 15) is 9.59 Å². The molecule has 2 aromatic carbocycles. The number of methoxy groups -OCH3 is 2. The number of carbonyl (C=O) groups excluding carboxylic acids is 2. The second kappa shape index (κ2) is 8.52. The molecule has 30 heavy (non-hydrogen) atoms. The molecule has 2 aromatic rings. The number of allylic oxidation sites excluding steroid dienone is 2. The van der Waals surface area contributed by atoms with Crippen molar-refractivity contribution in [3.8, 4) is 5.75 Å². The van der Waals surface area contributed by atoms with Crippen molar-refractivity contribution in [2.24, 2.45) is 17.8 Å². The largest absolute Gasteiger partial charge is 0.497 e. The Hall–Kier alpha value is -2.79. The van der Waals surface area contributed by atoms with Crippen molar-refractivity contribution >= 4 is 29.2 Å². The molecule has 156 valence electrons. The number of benzene rings is 2. The van der Waals surface area contributed by atoms with Crippen LogP contribution in [0.1, 0.15) is 24.4 Å². The van der Waals surface area contributed by atoms with Crippen molar-refractivity contribution in [2.75, 3.05) is 19.1 Å². The first kappa shape index (κ1) is 20.5. The highest BCUT2D eigenvalue weighted by molar-refractivity contribution is 6.30. The molecule has 0 aromatic heterocycles. The fraction of sp³-hybridized carbons (Fsp3) is 0.333. The van der Waals surface area contributed by atoms with E-state index in [1.165, 1.54) is 7.11 Å². The van der Waals surface area contributed by atoms with Crippen molar-refractivity contribution in [3.63, 3.8) is 0 Å². The molecule has 0 bridgehead atoms. The van der Waals surface area contributed by atoms with Crippen molar-refractivity contribution in [1.82, 2.24) is 0 Å². The first-order chi connectivity index (χ1) is 14.5. The Labute approximate surface area is 181 Å². The van der Waals surface area contributed by atoms with Crippen LogP contribution in [0.15, 0.2) is 60.7 Å². The molecule has 0 unspecified atom stereocenters. The first-order valence-corrected chi connectivity index (χ1v) is 10.4. The molecule has 1 aliphatic heterocycles. The number of halogens is 1. The number of piperidine rings is 1. The highest BCUT2D eigenvalue weighted by Crippen LogP contribution is 2.48. The predicted octanol–water partition coefficient (Wildman–Crippen LogP) is 4.81. The predicted molar refractivity (Wildman–Crippen MR) is 116 cm³/mol. The van der Waals surface area contributed by atoms with E-state index in [1.807, 2.05) is 42.5 Å². The monoisotopic (exact) mass is 425 g/mol. The molecule has 1 aliphatic carbocycles. The Balaban J connectivity index is 1.89. The smallest absolute Gasteiger partial charge is 0.311 e. The second-order valence-electron chi connectivity index (χ2n) is 7.64. The summed E-state index contributed by atoms with van der Waals surface area (Å²) < 4.78 is 10.5. The van der Waals surface area contributed by atoms with E-state index in [2.05, 4.69) is 6.08 Å². The summed E-state index contributed by atoms with van der Waals surface area (Å²) in [5.41, 5.74) is 1.57. The molecule has 1 saturated heterocycles. The van der Waals surface area contributed by atoms with Crippen LogP contribution in [-0.4, -0.2) is 26.1 Å². The summed E-state index contributed by atoms with van der Waals surface area (Å²) in [7, 11) is 3.01. The van der Waals surface area contributed by atoms with Gasteiger partial charge in [-0.2, -0.15) is 0 Å². The Bertz CT molecular complexity index is 954. The molecule has 1 amide bonds. The Kier molecular flexibility index (Phi) is 5.82. The van der Waals surface area contributed by atoms with Gasteiger partial charge in [0, 0.05) is 22.5 Å². The first-order valence-electron chi connectivity index (χ1n) is 10.0. The molecular weight excluding hydrogens is 402 g/mol. The van der Waals surface area contributed by atoms with Gasteiger partial charge < -0.3 is 14.4 Å². The zero-order valence-electron chi connectivity index (χ0n) is 17.0. The molecule has 4 rings (SSSR count). The lowest BCUT2D eigenvalue weighted by Gasteiger charge is -2.48. The summed E-state index contributed by atoms with van der Waals surface area (Å²) in [4.78, 5) is 28.5. The number of fused-ring (bicyclic) bond motifs is 1. The third-order valence-electron chi connectivity index (χ3n) is 6.09. The topological polar surface area (TPSA) is 55.8 Å². The third-order valence-corrected chi connectivity index (χ3v) is 6.34. The van der Waals surface area contributed by atoms with E-state index in [-0.39, 0.29) is 23.7 Å². The van der Waals surface area contributed by atoms with E-state index >= 15 is 0 Å². The van der Waals surface area contributed by atoms with E-state index in [0.29, 0.717) is 22.9 Å². The van der Waals surface area contributed by atoms with Crippen LogP contribution in [0.4, 0.5) is 5.69 Å². The highest BCUT2D eigenvalue weighted by atomic mass is 35.5. The molecule has 1 fully saturated rings. The quantitative estimate of drug-likeness (QED) is 0.521. The van der Waals surface area contributed by atoms with Gasteiger partial charge in [0.25, 0.3) is 0 Å². The standard InChI is InChI=1S/C24H24ClNO4/c1-29-18-13-7-15(8-14-18)22-21(24(28)30-2)19-5-3-4-6-20(19)23(27)26(22)17-11-9-16(25)10-12-17/h3,5,7-14,19-22H,4,6H2,1-2H3/t19-,20-,21-,22-/m0/s1. The summed E-state index contributed by atoms with van der Waals surface area (Å²) in [5.74, 6) is -0.558. The van der Waals surface area contributed by atoms with Gasteiger partial charge in [-0.05, 0) is 54.8 Å². The third kappa shape index (κ3) is 3.58. The zero-order chi connectivity index (χ0) is 21.3. The van der Waals surface area contributed by atoms with Gasteiger partial charge in [0.1, 0.15) is 5.75 Å². The lowest BCUT2D eigenvalue weighted by Crippen LogP contribution is -2.55. The van der Waals surface area contributed by atoms with Crippen LogP contribution in [0.2, 0.25) is 5.02 Å². The molecule has 5 nitrogen and oxygen atoms in total. The maximum absolute atomic E-state index is 13.7. The number of carbonyl (C=O) groups is 2. The van der Waals surface area contributed by atoms with Crippen LogP contribution in [0, 0.1) is 17.8 Å². The van der Waals surface area contributed by atoms with Crippen LogP contribution in [-0.2, 0) is 14.3 Å². The zero-order valence-corrected chi connectivity index (χ0v) is 17.7. The van der Waals surface area contributed by atoms with Crippen molar-refractivity contribution in [1.29, 1.82) is 0 Å². The van der Waals surface area contributed by atoms with Crippen LogP contribution < -0.4 is 9.64 Å². The number of rotatable bonds is 4. The maximum Gasteiger partial charge on any atom is 0.311 e. The number of anilines is 1. The summed E-state index contributed by atoms with van der Waals surface area (Å²) in [6.07, 6.45) is 5.62. The minimum Gasteiger partial charge on any atom is -0.497 e. The average Bonchev–Trinajstić information content (AvgIpc) is 2.79. The normalized spacial score (nSPS) is 25.6. The number of amides is 1. The molecule has 6 heteroatoms. The Morgan fingerprint density at radius 2 is 1.77 bits per heavy atom. The Morgan fingerprint density at radius 1 is 1.07 bits per heavy atom. The summed E-state index contributed by atoms with van der Waals surface area (Å²) in [5, 5.41) is 0.590. The van der Waals surface area contributed by atoms with Crippen molar-refractivity contribution < 1.29 is 19.1 Å². The van der Waals surface area contributed by atoms with Crippen molar-refractivity contribution in [3.05, 3.63) is 71.3 Å². The van der Waals surface area contributed by atoms with Crippen LogP contribution >= 0.6 is 11.6 Å². The molecule has 4 atom stereocenters. The molecule has 2 aliphatic rings. The van der Waals surface area contributed by atoms with Crippen molar-refractivity contribution in [2.45, 2.75) is 18.9 Å². The van der Waals surface area contributed by atoms with Gasteiger partial charge in [0.2, 0.25) is 5.91 Å². The van der Waals surface area contributed by atoms with Gasteiger partial charge in [-0.25, -0.2) is 0 Å². The van der Waals surface area contributed by atoms with Gasteiger partial charge in [-0.1, -0.05) is 35.9 Å². The van der Waals surface area contributed by atoms with Gasteiger partial charge in [-0.3, -0.25) is 9.59 Å². The number of nitrogens with zero attached hydrogens (tertiary/aromatic N) is 1. The minimum absolute atomic E-state index is 0.0210. The van der Waals surface area contributed by atoms with Gasteiger partial charge in [0.05, 0.1) is 26.2 Å². The van der Waals surface area contributed by atoms with Gasteiger partial charge in [0.15, 0.2) is 0 Å².